The number of aromatic nitrogens is 2. The van der Waals surface area contributed by atoms with E-state index in [0.717, 1.165) is 30.2 Å². The fraction of sp³-hybridized carbons (Fsp3) is 0.235. The van der Waals surface area contributed by atoms with Crippen molar-refractivity contribution in [2.75, 3.05) is 5.32 Å². The van der Waals surface area contributed by atoms with Crippen LogP contribution in [-0.2, 0) is 19.5 Å². The molecule has 0 saturated carbocycles. The third-order valence-corrected chi connectivity index (χ3v) is 3.36. The minimum Gasteiger partial charge on any atom is -0.464 e. The molecular weight excluding hydrogens is 262 g/mol. The summed E-state index contributed by atoms with van der Waals surface area (Å²) in [7, 11) is 0. The van der Waals surface area contributed by atoms with Gasteiger partial charge in [0.15, 0.2) is 0 Å². The van der Waals surface area contributed by atoms with Gasteiger partial charge in [0.1, 0.15) is 11.5 Å². The monoisotopic (exact) mass is 281 g/mol. The predicted octanol–water partition coefficient (Wildman–Crippen LogP) is 3.70. The highest BCUT2D eigenvalue weighted by atomic mass is 16.3. The largest absolute Gasteiger partial charge is 0.464 e. The molecule has 1 aromatic carbocycles. The zero-order valence-corrected chi connectivity index (χ0v) is 12.1. The Bertz CT molecular complexity index is 686. The van der Waals surface area contributed by atoms with Crippen molar-refractivity contribution in [3.8, 4) is 0 Å². The van der Waals surface area contributed by atoms with Crippen molar-refractivity contribution in [3.05, 3.63) is 71.9 Å². The van der Waals surface area contributed by atoms with Crippen molar-refractivity contribution >= 4 is 5.69 Å². The van der Waals surface area contributed by atoms with Gasteiger partial charge in [-0.2, -0.15) is 5.10 Å². The molecule has 3 rings (SSSR count). The van der Waals surface area contributed by atoms with Gasteiger partial charge in [0.2, 0.25) is 0 Å². The molecule has 0 spiro atoms. The number of hydrogen-bond donors (Lipinski definition) is 1. The van der Waals surface area contributed by atoms with Crippen molar-refractivity contribution in [1.82, 2.24) is 9.78 Å². The Morgan fingerprint density at radius 3 is 2.81 bits per heavy atom. The van der Waals surface area contributed by atoms with Crippen LogP contribution in [0.4, 0.5) is 5.69 Å². The number of aryl methyl sites for hydroxylation is 1. The highest BCUT2D eigenvalue weighted by Gasteiger charge is 2.01. The lowest BCUT2D eigenvalue weighted by Gasteiger charge is -2.07. The maximum Gasteiger partial charge on any atom is 0.123 e. The van der Waals surface area contributed by atoms with Crippen molar-refractivity contribution in [1.29, 1.82) is 0 Å². The molecule has 0 radical (unpaired) electrons. The number of rotatable bonds is 6. The minimum absolute atomic E-state index is 0.700. The van der Waals surface area contributed by atoms with Crippen molar-refractivity contribution in [3.63, 3.8) is 0 Å². The van der Waals surface area contributed by atoms with Gasteiger partial charge in [-0.25, -0.2) is 0 Å². The Labute approximate surface area is 124 Å². The topological polar surface area (TPSA) is 43.0 Å². The number of furan rings is 1. The number of nitrogens with one attached hydrogen (secondary N) is 1. The van der Waals surface area contributed by atoms with Crippen LogP contribution >= 0.6 is 0 Å². The molecule has 4 heteroatoms. The van der Waals surface area contributed by atoms with Crippen molar-refractivity contribution in [2.24, 2.45) is 0 Å². The first-order valence-electron chi connectivity index (χ1n) is 7.21. The highest BCUT2D eigenvalue weighted by Crippen LogP contribution is 2.14. The maximum absolute atomic E-state index is 5.69. The number of hydrogen-bond acceptors (Lipinski definition) is 3. The maximum atomic E-state index is 5.69. The average Bonchev–Trinajstić information content (AvgIpc) is 3.17. The van der Waals surface area contributed by atoms with Gasteiger partial charge in [-0.05, 0) is 35.9 Å². The van der Waals surface area contributed by atoms with E-state index < -0.39 is 0 Å². The standard InChI is InChI=1S/C17H19N3O/c1-2-16-7-8-17(21-16)12-18-15-6-3-5-14(11-15)13-20-10-4-9-19-20/h3-11,18H,2,12-13H2,1H3. The van der Waals surface area contributed by atoms with Crippen LogP contribution in [0.25, 0.3) is 0 Å². The second-order valence-electron chi connectivity index (χ2n) is 4.98. The summed E-state index contributed by atoms with van der Waals surface area (Å²) < 4.78 is 7.61. The molecule has 0 aliphatic rings. The predicted molar refractivity (Wildman–Crippen MR) is 83.2 cm³/mol. The van der Waals surface area contributed by atoms with Crippen molar-refractivity contribution in [2.45, 2.75) is 26.4 Å². The smallest absolute Gasteiger partial charge is 0.123 e. The van der Waals surface area contributed by atoms with Crippen LogP contribution in [0, 0.1) is 0 Å². The fourth-order valence-corrected chi connectivity index (χ4v) is 2.26. The molecular formula is C17H19N3O. The van der Waals surface area contributed by atoms with E-state index in [2.05, 4.69) is 41.6 Å². The normalized spacial score (nSPS) is 10.7. The van der Waals surface area contributed by atoms with Gasteiger partial charge in [-0.15, -0.1) is 0 Å². The van der Waals surface area contributed by atoms with E-state index in [-0.39, 0.29) is 0 Å². The van der Waals surface area contributed by atoms with Crippen LogP contribution in [0.15, 0.2) is 59.3 Å². The van der Waals surface area contributed by atoms with Crippen LogP contribution < -0.4 is 5.32 Å². The molecule has 21 heavy (non-hydrogen) atoms. The zero-order chi connectivity index (χ0) is 14.5. The minimum atomic E-state index is 0.700. The molecule has 108 valence electrons. The van der Waals surface area contributed by atoms with E-state index in [4.69, 9.17) is 4.42 Å². The van der Waals surface area contributed by atoms with E-state index in [1.165, 1.54) is 5.56 Å². The lowest BCUT2D eigenvalue weighted by Crippen LogP contribution is -2.02. The summed E-state index contributed by atoms with van der Waals surface area (Å²) in [6.45, 7) is 3.57. The third-order valence-electron chi connectivity index (χ3n) is 3.36. The summed E-state index contributed by atoms with van der Waals surface area (Å²) in [5, 5.41) is 7.62. The molecule has 0 fully saturated rings. The molecule has 0 saturated heterocycles. The zero-order valence-electron chi connectivity index (χ0n) is 12.1. The first-order chi connectivity index (χ1) is 10.3. The van der Waals surface area contributed by atoms with Gasteiger partial charge in [0.05, 0.1) is 13.1 Å². The van der Waals surface area contributed by atoms with Gasteiger partial charge in [0.25, 0.3) is 0 Å². The van der Waals surface area contributed by atoms with E-state index in [9.17, 15) is 0 Å². The van der Waals surface area contributed by atoms with Crippen LogP contribution in [0.3, 0.4) is 0 Å². The van der Waals surface area contributed by atoms with Gasteiger partial charge in [-0.1, -0.05) is 19.1 Å². The van der Waals surface area contributed by atoms with Crippen LogP contribution in [-0.4, -0.2) is 9.78 Å². The molecule has 0 aliphatic heterocycles. The molecule has 4 nitrogen and oxygen atoms in total. The Morgan fingerprint density at radius 1 is 1.14 bits per heavy atom. The number of anilines is 1. The molecule has 0 bridgehead atoms. The molecule has 2 aromatic heterocycles. The second-order valence-corrected chi connectivity index (χ2v) is 4.98. The molecule has 3 aromatic rings. The lowest BCUT2D eigenvalue weighted by atomic mass is 10.2. The molecule has 0 atom stereocenters. The Hall–Kier alpha value is -2.49. The first-order valence-corrected chi connectivity index (χ1v) is 7.21. The molecule has 2 heterocycles. The summed E-state index contributed by atoms with van der Waals surface area (Å²) in [5.74, 6) is 1.99. The van der Waals surface area contributed by atoms with Gasteiger partial charge >= 0.3 is 0 Å². The van der Waals surface area contributed by atoms with Gasteiger partial charge in [-0.3, -0.25) is 4.68 Å². The van der Waals surface area contributed by atoms with E-state index in [0.29, 0.717) is 6.54 Å². The summed E-state index contributed by atoms with van der Waals surface area (Å²) >= 11 is 0. The van der Waals surface area contributed by atoms with Crippen LogP contribution in [0.1, 0.15) is 24.0 Å². The highest BCUT2D eigenvalue weighted by molar-refractivity contribution is 5.45. The van der Waals surface area contributed by atoms with Gasteiger partial charge in [0, 0.05) is 24.5 Å². The van der Waals surface area contributed by atoms with E-state index >= 15 is 0 Å². The van der Waals surface area contributed by atoms with E-state index in [1.54, 1.807) is 6.20 Å². The average molecular weight is 281 g/mol. The van der Waals surface area contributed by atoms with Gasteiger partial charge < -0.3 is 9.73 Å². The molecule has 0 aliphatic carbocycles. The molecule has 1 N–H and O–H groups in total. The van der Waals surface area contributed by atoms with E-state index in [1.807, 2.05) is 29.1 Å². The van der Waals surface area contributed by atoms with Crippen molar-refractivity contribution < 1.29 is 4.42 Å². The SMILES string of the molecule is CCc1ccc(CNc2cccc(Cn3cccn3)c2)o1. The third kappa shape index (κ3) is 3.54. The van der Waals surface area contributed by atoms with Crippen LogP contribution in [0.5, 0.6) is 0 Å². The number of benzene rings is 1. The van der Waals surface area contributed by atoms with Crippen LogP contribution in [0.2, 0.25) is 0 Å². The summed E-state index contributed by atoms with van der Waals surface area (Å²) in [6.07, 6.45) is 4.69. The first kappa shape index (κ1) is 13.5. The summed E-state index contributed by atoms with van der Waals surface area (Å²) in [5.41, 5.74) is 2.31. The summed E-state index contributed by atoms with van der Waals surface area (Å²) in [4.78, 5) is 0. The Kier molecular flexibility index (Phi) is 4.05. The summed E-state index contributed by atoms with van der Waals surface area (Å²) in [6, 6.07) is 14.4. The Morgan fingerprint density at radius 2 is 2.05 bits per heavy atom. The number of nitrogens with zero attached hydrogens (tertiary/aromatic N) is 2. The second kappa shape index (κ2) is 6.31. The quantitative estimate of drug-likeness (QED) is 0.749. The Balaban J connectivity index is 1.63. The lowest BCUT2D eigenvalue weighted by molar-refractivity contribution is 0.476. The molecule has 0 amide bonds. The fourth-order valence-electron chi connectivity index (χ4n) is 2.26. The molecule has 0 unspecified atom stereocenters.